The van der Waals surface area contributed by atoms with Crippen molar-refractivity contribution in [3.63, 3.8) is 0 Å². The molecule has 2 aromatic carbocycles. The minimum atomic E-state index is -4.01. The van der Waals surface area contributed by atoms with E-state index in [-0.39, 0.29) is 17.3 Å². The lowest BCUT2D eigenvalue weighted by atomic mass is 9.92. The van der Waals surface area contributed by atoms with Crippen LogP contribution in [0.25, 0.3) is 0 Å². The maximum absolute atomic E-state index is 13.3. The largest absolute Gasteiger partial charge is 0.341 e. The highest BCUT2D eigenvalue weighted by Crippen LogP contribution is 2.25. The van der Waals surface area contributed by atoms with Gasteiger partial charge in [-0.2, -0.15) is 0 Å². The zero-order valence-electron chi connectivity index (χ0n) is 16.1. The lowest BCUT2D eigenvalue weighted by molar-refractivity contribution is -0.132. The summed E-state index contributed by atoms with van der Waals surface area (Å²) in [6.45, 7) is 5.16. The lowest BCUT2D eigenvalue weighted by Crippen LogP contribution is -2.48. The van der Waals surface area contributed by atoms with Crippen LogP contribution in [-0.4, -0.2) is 38.9 Å². The number of carbonyl (C=O) groups is 1. The molecule has 0 spiro atoms. The average molecular weight is 405 g/mol. The summed E-state index contributed by atoms with van der Waals surface area (Å²) in [7, 11) is -4.01. The van der Waals surface area contributed by atoms with Crippen molar-refractivity contribution < 1.29 is 17.6 Å². The third-order valence-corrected chi connectivity index (χ3v) is 6.73. The second-order valence-electron chi connectivity index (χ2n) is 7.55. The number of sulfonamides is 1. The molecule has 1 amide bonds. The minimum Gasteiger partial charge on any atom is -0.341 e. The number of benzene rings is 2. The molecule has 0 radical (unpaired) electrons. The molecule has 1 heterocycles. The molecule has 7 heteroatoms. The number of halogens is 1. The number of rotatable bonds is 5. The summed E-state index contributed by atoms with van der Waals surface area (Å²) in [5, 5.41) is 0. The monoisotopic (exact) mass is 404 g/mol. The van der Waals surface area contributed by atoms with Gasteiger partial charge in [0.15, 0.2) is 0 Å². The van der Waals surface area contributed by atoms with E-state index < -0.39 is 15.8 Å². The van der Waals surface area contributed by atoms with Crippen molar-refractivity contribution in [1.82, 2.24) is 4.90 Å². The van der Waals surface area contributed by atoms with E-state index in [2.05, 4.69) is 13.8 Å². The third-order valence-electron chi connectivity index (χ3n) is 4.95. The van der Waals surface area contributed by atoms with Gasteiger partial charge in [0.05, 0.1) is 10.6 Å². The predicted octanol–water partition coefficient (Wildman–Crippen LogP) is 3.53. The van der Waals surface area contributed by atoms with Gasteiger partial charge >= 0.3 is 0 Å². The van der Waals surface area contributed by atoms with Crippen molar-refractivity contribution in [2.75, 3.05) is 23.9 Å². The van der Waals surface area contributed by atoms with Crippen LogP contribution >= 0.6 is 0 Å². The topological polar surface area (TPSA) is 57.7 Å². The fourth-order valence-electron chi connectivity index (χ4n) is 3.73. The van der Waals surface area contributed by atoms with E-state index in [0.29, 0.717) is 30.6 Å². The van der Waals surface area contributed by atoms with E-state index in [0.717, 1.165) is 22.9 Å². The number of carbonyl (C=O) groups excluding carboxylic acids is 1. The quantitative estimate of drug-likeness (QED) is 0.766. The van der Waals surface area contributed by atoms with Gasteiger partial charge in [-0.05, 0) is 54.7 Å². The van der Waals surface area contributed by atoms with Crippen LogP contribution in [-0.2, 0) is 14.8 Å². The summed E-state index contributed by atoms with van der Waals surface area (Å²) >= 11 is 0. The first-order valence-corrected chi connectivity index (χ1v) is 10.8. The lowest BCUT2D eigenvalue weighted by Gasteiger charge is -2.36. The molecule has 28 heavy (non-hydrogen) atoms. The number of hydrogen-bond acceptors (Lipinski definition) is 3. The van der Waals surface area contributed by atoms with E-state index in [1.165, 1.54) is 12.1 Å². The molecule has 0 unspecified atom stereocenters. The van der Waals surface area contributed by atoms with Crippen LogP contribution in [0.4, 0.5) is 10.1 Å². The van der Waals surface area contributed by atoms with Gasteiger partial charge in [-0.3, -0.25) is 9.10 Å². The van der Waals surface area contributed by atoms with Crippen LogP contribution in [0.15, 0.2) is 59.5 Å². The smallest absolute Gasteiger partial charge is 0.264 e. The Hall–Kier alpha value is -2.41. The molecule has 0 N–H and O–H groups in total. The zero-order chi connectivity index (χ0) is 20.3. The van der Waals surface area contributed by atoms with Crippen molar-refractivity contribution in [3.05, 3.63) is 60.4 Å². The molecule has 150 valence electrons. The Bertz CT molecular complexity index is 906. The number of hydrogen-bond donors (Lipinski definition) is 0. The first-order chi connectivity index (χ1) is 13.3. The van der Waals surface area contributed by atoms with Gasteiger partial charge < -0.3 is 4.90 Å². The van der Waals surface area contributed by atoms with Gasteiger partial charge in [0.2, 0.25) is 5.91 Å². The fraction of sp³-hybridized carbons (Fsp3) is 0.381. The molecule has 1 aliphatic rings. The molecule has 2 aromatic rings. The van der Waals surface area contributed by atoms with Gasteiger partial charge in [-0.25, -0.2) is 12.8 Å². The van der Waals surface area contributed by atoms with Crippen LogP contribution in [0.5, 0.6) is 0 Å². The summed E-state index contributed by atoms with van der Waals surface area (Å²) in [6, 6.07) is 13.2. The molecular formula is C21H25FN2O3S. The average Bonchev–Trinajstić information content (AvgIpc) is 2.66. The highest BCUT2D eigenvalue weighted by molar-refractivity contribution is 7.92. The second kappa shape index (κ2) is 8.31. The van der Waals surface area contributed by atoms with Crippen molar-refractivity contribution >= 4 is 21.6 Å². The van der Waals surface area contributed by atoms with Crippen LogP contribution in [0, 0.1) is 17.7 Å². The fourth-order valence-corrected chi connectivity index (χ4v) is 5.15. The number of amides is 1. The van der Waals surface area contributed by atoms with Crippen molar-refractivity contribution in [3.8, 4) is 0 Å². The van der Waals surface area contributed by atoms with Gasteiger partial charge in [0.1, 0.15) is 12.4 Å². The van der Waals surface area contributed by atoms with E-state index >= 15 is 0 Å². The number of piperidine rings is 1. The summed E-state index contributed by atoms with van der Waals surface area (Å²) in [5.74, 6) is 0.0173. The van der Waals surface area contributed by atoms with Crippen molar-refractivity contribution in [1.29, 1.82) is 0 Å². The van der Waals surface area contributed by atoms with E-state index in [1.54, 1.807) is 35.2 Å². The van der Waals surface area contributed by atoms with Gasteiger partial charge in [0.25, 0.3) is 10.0 Å². The number of anilines is 1. The Kier molecular flexibility index (Phi) is 6.03. The number of likely N-dealkylation sites (tertiary alicyclic amines) is 1. The molecule has 1 saturated heterocycles. The van der Waals surface area contributed by atoms with E-state index in [9.17, 15) is 17.6 Å². The molecule has 1 fully saturated rings. The summed E-state index contributed by atoms with van der Waals surface area (Å²) in [5.41, 5.74) is 0.401. The maximum atomic E-state index is 13.3. The van der Waals surface area contributed by atoms with Gasteiger partial charge in [-0.1, -0.05) is 32.0 Å². The Balaban J connectivity index is 1.92. The molecule has 0 bridgehead atoms. The number of nitrogens with zero attached hydrogens (tertiary/aromatic N) is 2. The molecule has 1 aliphatic heterocycles. The Morgan fingerprint density at radius 1 is 1.04 bits per heavy atom. The first-order valence-electron chi connectivity index (χ1n) is 9.38. The molecule has 3 rings (SSSR count). The molecule has 0 saturated carbocycles. The summed E-state index contributed by atoms with van der Waals surface area (Å²) in [4.78, 5) is 14.7. The van der Waals surface area contributed by atoms with E-state index in [1.807, 2.05) is 0 Å². The highest BCUT2D eigenvalue weighted by atomic mass is 32.2. The van der Waals surface area contributed by atoms with Crippen LogP contribution in [0.1, 0.15) is 20.3 Å². The SMILES string of the molecule is C[C@@H]1C[C@H](C)CN(C(=O)CN(c2ccccc2)S(=O)(=O)c2ccc(F)cc2)C1. The van der Waals surface area contributed by atoms with Crippen molar-refractivity contribution in [2.45, 2.75) is 25.2 Å². The summed E-state index contributed by atoms with van der Waals surface area (Å²) in [6.07, 6.45) is 1.06. The zero-order valence-corrected chi connectivity index (χ0v) is 16.9. The predicted molar refractivity (Wildman–Crippen MR) is 107 cm³/mol. The molecule has 5 nitrogen and oxygen atoms in total. The highest BCUT2D eigenvalue weighted by Gasteiger charge is 2.31. The second-order valence-corrected chi connectivity index (χ2v) is 9.41. The number of para-hydroxylation sites is 1. The summed E-state index contributed by atoms with van der Waals surface area (Å²) < 4.78 is 40.8. The van der Waals surface area contributed by atoms with E-state index in [4.69, 9.17) is 0 Å². The molecular weight excluding hydrogens is 379 g/mol. The molecule has 0 aromatic heterocycles. The minimum absolute atomic E-state index is 0.0501. The van der Waals surface area contributed by atoms with Crippen LogP contribution in [0.2, 0.25) is 0 Å². The first kappa shape index (κ1) is 20.3. The normalized spacial score (nSPS) is 20.0. The molecule has 0 aliphatic carbocycles. The van der Waals surface area contributed by atoms with Crippen molar-refractivity contribution in [2.24, 2.45) is 11.8 Å². The van der Waals surface area contributed by atoms with Crippen LogP contribution in [0.3, 0.4) is 0 Å². The molecule has 2 atom stereocenters. The van der Waals surface area contributed by atoms with Gasteiger partial charge in [-0.15, -0.1) is 0 Å². The third kappa shape index (κ3) is 4.52. The standard InChI is InChI=1S/C21H25FN2O3S/c1-16-12-17(2)14-23(13-16)21(25)15-24(19-6-4-3-5-7-19)28(26,27)20-10-8-18(22)9-11-20/h3-11,16-17H,12-15H2,1-2H3/t16-,17+. The van der Waals surface area contributed by atoms with Gasteiger partial charge in [0, 0.05) is 13.1 Å². The Morgan fingerprint density at radius 2 is 1.61 bits per heavy atom. The Labute approximate surface area is 165 Å². The van der Waals surface area contributed by atoms with Crippen LogP contribution < -0.4 is 4.31 Å². The maximum Gasteiger partial charge on any atom is 0.264 e. The Morgan fingerprint density at radius 3 is 2.18 bits per heavy atom.